The SMILES string of the molecule is CCCCC1=C(C(=O)OC(C)C)C(c2ccc(O)c(Br)c2)NC(=O)N1. The van der Waals surface area contributed by atoms with Crippen LogP contribution in [0, 0.1) is 0 Å². The highest BCUT2D eigenvalue weighted by atomic mass is 79.9. The summed E-state index contributed by atoms with van der Waals surface area (Å²) in [6, 6.07) is 3.89. The van der Waals surface area contributed by atoms with Gasteiger partial charge in [0.2, 0.25) is 0 Å². The van der Waals surface area contributed by atoms with Crippen molar-refractivity contribution in [2.75, 3.05) is 0 Å². The molecule has 7 heteroatoms. The Morgan fingerprint density at radius 2 is 2.12 bits per heavy atom. The van der Waals surface area contributed by atoms with Crippen molar-refractivity contribution in [1.82, 2.24) is 10.6 Å². The lowest BCUT2D eigenvalue weighted by Gasteiger charge is -2.30. The first-order valence-corrected chi connectivity index (χ1v) is 9.12. The predicted molar refractivity (Wildman–Crippen MR) is 98.0 cm³/mol. The first-order chi connectivity index (χ1) is 11.8. The molecule has 136 valence electrons. The summed E-state index contributed by atoms with van der Waals surface area (Å²) in [5, 5.41) is 15.2. The molecule has 0 saturated carbocycles. The van der Waals surface area contributed by atoms with E-state index in [4.69, 9.17) is 4.74 Å². The lowest BCUT2D eigenvalue weighted by atomic mass is 9.93. The highest BCUT2D eigenvalue weighted by Gasteiger charge is 2.34. The number of amides is 2. The number of carbonyl (C=O) groups is 2. The molecule has 0 saturated heterocycles. The fourth-order valence-corrected chi connectivity index (χ4v) is 3.04. The molecule has 0 aromatic heterocycles. The van der Waals surface area contributed by atoms with E-state index in [1.54, 1.807) is 26.0 Å². The van der Waals surface area contributed by atoms with Gasteiger partial charge in [0.15, 0.2) is 0 Å². The summed E-state index contributed by atoms with van der Waals surface area (Å²) in [5.74, 6) is -0.367. The van der Waals surface area contributed by atoms with Crippen LogP contribution in [0.15, 0.2) is 33.9 Å². The Labute approximate surface area is 155 Å². The lowest BCUT2D eigenvalue weighted by Crippen LogP contribution is -2.46. The molecule has 2 amide bonds. The number of allylic oxidation sites excluding steroid dienone is 1. The molecule has 25 heavy (non-hydrogen) atoms. The van der Waals surface area contributed by atoms with Crippen LogP contribution in [0.2, 0.25) is 0 Å². The van der Waals surface area contributed by atoms with Crippen LogP contribution in [0.4, 0.5) is 4.79 Å². The van der Waals surface area contributed by atoms with Crippen molar-refractivity contribution in [3.05, 3.63) is 39.5 Å². The van der Waals surface area contributed by atoms with Crippen molar-refractivity contribution < 1.29 is 19.4 Å². The first kappa shape index (κ1) is 19.3. The average molecular weight is 411 g/mol. The summed E-state index contributed by atoms with van der Waals surface area (Å²) in [7, 11) is 0. The second-order valence-electron chi connectivity index (χ2n) is 6.19. The molecular formula is C18H23BrN2O4. The third-order valence-electron chi connectivity index (χ3n) is 3.80. The molecule has 1 aliphatic rings. The Morgan fingerprint density at radius 1 is 1.40 bits per heavy atom. The summed E-state index contributed by atoms with van der Waals surface area (Å²) in [5.41, 5.74) is 1.68. The molecule has 2 rings (SSSR count). The molecule has 0 radical (unpaired) electrons. The second kappa shape index (κ2) is 8.38. The van der Waals surface area contributed by atoms with Gasteiger partial charge in [-0.2, -0.15) is 0 Å². The van der Waals surface area contributed by atoms with E-state index in [2.05, 4.69) is 26.6 Å². The van der Waals surface area contributed by atoms with Gasteiger partial charge in [-0.15, -0.1) is 0 Å². The van der Waals surface area contributed by atoms with Crippen LogP contribution in [0.25, 0.3) is 0 Å². The lowest BCUT2D eigenvalue weighted by molar-refractivity contribution is -0.143. The molecule has 1 aliphatic heterocycles. The number of halogens is 1. The van der Waals surface area contributed by atoms with Gasteiger partial charge in [0, 0.05) is 5.70 Å². The summed E-state index contributed by atoms with van der Waals surface area (Å²) < 4.78 is 5.88. The molecule has 0 fully saturated rings. The largest absolute Gasteiger partial charge is 0.507 e. The number of phenols is 1. The summed E-state index contributed by atoms with van der Waals surface area (Å²) >= 11 is 3.27. The van der Waals surface area contributed by atoms with E-state index in [-0.39, 0.29) is 17.9 Å². The minimum absolute atomic E-state index is 0.0884. The van der Waals surface area contributed by atoms with Gasteiger partial charge in [0.25, 0.3) is 0 Å². The van der Waals surface area contributed by atoms with E-state index >= 15 is 0 Å². The third kappa shape index (κ3) is 4.75. The Morgan fingerprint density at radius 3 is 2.72 bits per heavy atom. The monoisotopic (exact) mass is 410 g/mol. The van der Waals surface area contributed by atoms with Crippen molar-refractivity contribution in [3.8, 4) is 5.75 Å². The summed E-state index contributed by atoms with van der Waals surface area (Å²) in [6.07, 6.45) is 2.11. The fourth-order valence-electron chi connectivity index (χ4n) is 2.64. The zero-order valence-electron chi connectivity index (χ0n) is 14.6. The van der Waals surface area contributed by atoms with Crippen LogP contribution in [0.3, 0.4) is 0 Å². The van der Waals surface area contributed by atoms with E-state index in [9.17, 15) is 14.7 Å². The van der Waals surface area contributed by atoms with Crippen LogP contribution in [-0.2, 0) is 9.53 Å². The van der Waals surface area contributed by atoms with Crippen LogP contribution in [0.5, 0.6) is 5.75 Å². The Balaban J connectivity index is 2.50. The average Bonchev–Trinajstić information content (AvgIpc) is 2.54. The first-order valence-electron chi connectivity index (χ1n) is 8.33. The van der Waals surface area contributed by atoms with Gasteiger partial charge in [0.05, 0.1) is 22.2 Å². The summed E-state index contributed by atoms with van der Waals surface area (Å²) in [6.45, 7) is 5.61. The molecule has 1 heterocycles. The quantitative estimate of drug-likeness (QED) is 0.620. The number of hydrogen-bond donors (Lipinski definition) is 3. The van der Waals surface area contributed by atoms with Crippen LogP contribution >= 0.6 is 15.9 Å². The Bertz CT molecular complexity index is 700. The van der Waals surface area contributed by atoms with Gasteiger partial charge < -0.3 is 20.5 Å². The van der Waals surface area contributed by atoms with Crippen LogP contribution in [-0.4, -0.2) is 23.2 Å². The summed E-state index contributed by atoms with van der Waals surface area (Å²) in [4.78, 5) is 24.8. The van der Waals surface area contributed by atoms with Crippen molar-refractivity contribution in [3.63, 3.8) is 0 Å². The predicted octanol–water partition coefficient (Wildman–Crippen LogP) is 3.90. The number of rotatable bonds is 6. The van der Waals surface area contributed by atoms with Gasteiger partial charge >= 0.3 is 12.0 Å². The maximum absolute atomic E-state index is 12.7. The third-order valence-corrected chi connectivity index (χ3v) is 4.44. The number of hydrogen-bond acceptors (Lipinski definition) is 4. The van der Waals surface area contributed by atoms with E-state index < -0.39 is 12.0 Å². The molecular weight excluding hydrogens is 388 g/mol. The zero-order chi connectivity index (χ0) is 18.6. The second-order valence-corrected chi connectivity index (χ2v) is 7.05. The zero-order valence-corrected chi connectivity index (χ0v) is 16.1. The molecule has 3 N–H and O–H groups in total. The molecule has 6 nitrogen and oxygen atoms in total. The van der Waals surface area contributed by atoms with Gasteiger partial charge in [-0.05, 0) is 60.3 Å². The van der Waals surface area contributed by atoms with Gasteiger partial charge in [-0.1, -0.05) is 19.4 Å². The van der Waals surface area contributed by atoms with E-state index in [1.165, 1.54) is 6.07 Å². The highest BCUT2D eigenvalue weighted by molar-refractivity contribution is 9.10. The minimum Gasteiger partial charge on any atom is -0.507 e. The highest BCUT2D eigenvalue weighted by Crippen LogP contribution is 2.33. The van der Waals surface area contributed by atoms with E-state index in [1.807, 2.05) is 6.92 Å². The van der Waals surface area contributed by atoms with Crippen molar-refractivity contribution in [2.24, 2.45) is 0 Å². The van der Waals surface area contributed by atoms with Gasteiger partial charge in [-0.3, -0.25) is 0 Å². The molecule has 1 unspecified atom stereocenters. The Hall–Kier alpha value is -2.02. The molecule has 1 atom stereocenters. The molecule has 0 bridgehead atoms. The van der Waals surface area contributed by atoms with Gasteiger partial charge in [-0.25, -0.2) is 9.59 Å². The number of benzene rings is 1. The maximum Gasteiger partial charge on any atom is 0.338 e. The van der Waals surface area contributed by atoms with E-state index in [0.717, 1.165) is 12.8 Å². The van der Waals surface area contributed by atoms with Crippen molar-refractivity contribution in [1.29, 1.82) is 0 Å². The maximum atomic E-state index is 12.7. The number of nitrogens with one attached hydrogen (secondary N) is 2. The normalized spacial score (nSPS) is 17.3. The number of ether oxygens (including phenoxy) is 1. The molecule has 1 aromatic rings. The van der Waals surface area contributed by atoms with E-state index in [0.29, 0.717) is 27.7 Å². The topological polar surface area (TPSA) is 87.7 Å². The fraction of sp³-hybridized carbons (Fsp3) is 0.444. The molecule has 0 aliphatic carbocycles. The standard InChI is InChI=1S/C18H23BrN2O4/c1-4-5-6-13-15(17(23)25-10(2)3)16(21-18(24)20-13)11-7-8-14(22)12(19)9-11/h7-10,16,22H,4-6H2,1-3H3,(H2,20,21,24). The number of phenolic OH excluding ortho intramolecular Hbond substituents is 1. The van der Waals surface area contributed by atoms with Crippen molar-refractivity contribution in [2.45, 2.75) is 52.2 Å². The number of esters is 1. The number of aromatic hydroxyl groups is 1. The number of urea groups is 1. The van der Waals surface area contributed by atoms with Gasteiger partial charge in [0.1, 0.15) is 5.75 Å². The number of carbonyl (C=O) groups excluding carboxylic acids is 2. The Kier molecular flexibility index (Phi) is 6.47. The minimum atomic E-state index is -0.635. The van der Waals surface area contributed by atoms with Crippen molar-refractivity contribution >= 4 is 27.9 Å². The smallest absolute Gasteiger partial charge is 0.338 e. The number of unbranched alkanes of at least 4 members (excludes halogenated alkanes) is 1. The van der Waals surface area contributed by atoms with Crippen LogP contribution < -0.4 is 10.6 Å². The molecule has 1 aromatic carbocycles. The molecule has 0 spiro atoms. The van der Waals surface area contributed by atoms with Crippen LogP contribution in [0.1, 0.15) is 51.6 Å².